The van der Waals surface area contributed by atoms with Gasteiger partial charge in [0.15, 0.2) is 0 Å². The summed E-state index contributed by atoms with van der Waals surface area (Å²) in [6, 6.07) is 16.2. The van der Waals surface area contributed by atoms with Gasteiger partial charge >= 0.3 is 0 Å². The second kappa shape index (κ2) is 6.62. The van der Waals surface area contributed by atoms with Crippen LogP contribution in [0, 0.1) is 0 Å². The molecule has 1 fully saturated rings. The van der Waals surface area contributed by atoms with Gasteiger partial charge in [-0.15, -0.1) is 0 Å². The lowest BCUT2D eigenvalue weighted by atomic mass is 9.97. The van der Waals surface area contributed by atoms with Crippen molar-refractivity contribution in [1.82, 2.24) is 9.80 Å². The Morgan fingerprint density at radius 1 is 1.00 bits per heavy atom. The zero-order chi connectivity index (χ0) is 16.4. The van der Waals surface area contributed by atoms with E-state index in [0.717, 1.165) is 6.54 Å². The summed E-state index contributed by atoms with van der Waals surface area (Å²) in [5.74, 6) is 0. The van der Waals surface area contributed by atoms with Crippen molar-refractivity contribution in [2.75, 3.05) is 20.1 Å². The molecule has 0 aliphatic carbocycles. The Morgan fingerprint density at radius 3 is 2.30 bits per heavy atom. The van der Waals surface area contributed by atoms with Gasteiger partial charge in [0.1, 0.15) is 0 Å². The average molecular weight is 310 g/mol. The smallest absolute Gasteiger partial charge is 0.0233 e. The summed E-state index contributed by atoms with van der Waals surface area (Å²) in [4.78, 5) is 5.16. The van der Waals surface area contributed by atoms with Crippen LogP contribution < -0.4 is 0 Å². The summed E-state index contributed by atoms with van der Waals surface area (Å²) in [5.41, 5.74) is 1.73. The molecule has 0 saturated carbocycles. The molecule has 1 saturated heterocycles. The standard InChI is InChI=1S/C21H30N2/c1-21(2,3)23-13-11-20(12-14-23)22(4)16-17-9-10-18-7-5-6-8-19(18)15-17/h5-10,15,20H,11-14,16H2,1-4H3. The Bertz CT molecular complexity index is 648. The summed E-state index contributed by atoms with van der Waals surface area (Å²) in [7, 11) is 2.28. The molecule has 0 amide bonds. The molecule has 1 heterocycles. The lowest BCUT2D eigenvalue weighted by Crippen LogP contribution is -2.50. The third-order valence-electron chi connectivity index (χ3n) is 5.28. The second-order valence-corrected chi connectivity index (χ2v) is 7.99. The fraction of sp³-hybridized carbons (Fsp3) is 0.524. The minimum atomic E-state index is 0.307. The molecule has 0 N–H and O–H groups in total. The lowest BCUT2D eigenvalue weighted by Gasteiger charge is -2.43. The number of hydrogen-bond acceptors (Lipinski definition) is 2. The molecule has 0 unspecified atom stereocenters. The van der Waals surface area contributed by atoms with E-state index in [9.17, 15) is 0 Å². The second-order valence-electron chi connectivity index (χ2n) is 7.99. The van der Waals surface area contributed by atoms with E-state index in [0.29, 0.717) is 11.6 Å². The van der Waals surface area contributed by atoms with Crippen molar-refractivity contribution in [3.63, 3.8) is 0 Å². The third kappa shape index (κ3) is 3.94. The quantitative estimate of drug-likeness (QED) is 0.821. The zero-order valence-electron chi connectivity index (χ0n) is 15.0. The fourth-order valence-electron chi connectivity index (χ4n) is 3.73. The van der Waals surface area contributed by atoms with Crippen LogP contribution in [0.5, 0.6) is 0 Å². The lowest BCUT2D eigenvalue weighted by molar-refractivity contribution is 0.0632. The van der Waals surface area contributed by atoms with Crippen molar-refractivity contribution in [2.45, 2.75) is 51.7 Å². The zero-order valence-corrected chi connectivity index (χ0v) is 15.0. The van der Waals surface area contributed by atoms with Crippen LogP contribution >= 0.6 is 0 Å². The monoisotopic (exact) mass is 310 g/mol. The van der Waals surface area contributed by atoms with E-state index >= 15 is 0 Å². The van der Waals surface area contributed by atoms with Gasteiger partial charge < -0.3 is 0 Å². The van der Waals surface area contributed by atoms with E-state index in [1.807, 2.05) is 0 Å². The maximum Gasteiger partial charge on any atom is 0.0233 e. The number of hydrogen-bond donors (Lipinski definition) is 0. The predicted octanol–water partition coefficient (Wildman–Crippen LogP) is 4.53. The number of fused-ring (bicyclic) bond motifs is 1. The molecular formula is C21H30N2. The van der Waals surface area contributed by atoms with E-state index in [-0.39, 0.29) is 0 Å². The van der Waals surface area contributed by atoms with E-state index in [4.69, 9.17) is 0 Å². The molecule has 2 aromatic rings. The minimum Gasteiger partial charge on any atom is -0.299 e. The molecule has 2 heteroatoms. The average Bonchev–Trinajstić information content (AvgIpc) is 2.54. The number of rotatable bonds is 3. The number of likely N-dealkylation sites (tertiary alicyclic amines) is 1. The van der Waals surface area contributed by atoms with Crippen molar-refractivity contribution in [3.05, 3.63) is 48.0 Å². The largest absolute Gasteiger partial charge is 0.299 e. The first-order valence-corrected chi connectivity index (χ1v) is 8.86. The van der Waals surface area contributed by atoms with Crippen LogP contribution in [0.1, 0.15) is 39.2 Å². The van der Waals surface area contributed by atoms with Crippen LogP contribution in [0.25, 0.3) is 10.8 Å². The third-order valence-corrected chi connectivity index (χ3v) is 5.28. The maximum atomic E-state index is 2.62. The van der Waals surface area contributed by atoms with Crippen LogP contribution in [-0.2, 0) is 6.54 Å². The summed E-state index contributed by atoms with van der Waals surface area (Å²) in [5, 5.41) is 2.68. The molecule has 124 valence electrons. The molecule has 2 aromatic carbocycles. The summed E-state index contributed by atoms with van der Waals surface area (Å²) in [6.07, 6.45) is 2.56. The Kier molecular flexibility index (Phi) is 4.74. The molecule has 0 atom stereocenters. The SMILES string of the molecule is CN(Cc1ccc2ccccc2c1)C1CCN(C(C)(C)C)CC1. The molecular weight excluding hydrogens is 280 g/mol. The molecule has 0 bridgehead atoms. The van der Waals surface area contributed by atoms with Gasteiger partial charge in [0.2, 0.25) is 0 Å². The van der Waals surface area contributed by atoms with Gasteiger partial charge in [-0.2, -0.15) is 0 Å². The highest BCUT2D eigenvalue weighted by atomic mass is 15.2. The van der Waals surface area contributed by atoms with Crippen molar-refractivity contribution in [3.8, 4) is 0 Å². The van der Waals surface area contributed by atoms with Crippen molar-refractivity contribution in [1.29, 1.82) is 0 Å². The van der Waals surface area contributed by atoms with Gasteiger partial charge in [0.05, 0.1) is 0 Å². The molecule has 0 aromatic heterocycles. The molecule has 0 spiro atoms. The van der Waals surface area contributed by atoms with Crippen LogP contribution in [0.3, 0.4) is 0 Å². The molecule has 3 rings (SSSR count). The van der Waals surface area contributed by atoms with E-state index in [2.05, 4.69) is 80.1 Å². The Labute approximate surface area is 141 Å². The predicted molar refractivity (Wildman–Crippen MR) is 99.8 cm³/mol. The molecule has 1 aliphatic rings. The normalized spacial score (nSPS) is 18.0. The number of benzene rings is 2. The van der Waals surface area contributed by atoms with E-state index < -0.39 is 0 Å². The maximum absolute atomic E-state index is 2.62. The highest BCUT2D eigenvalue weighted by Crippen LogP contribution is 2.24. The van der Waals surface area contributed by atoms with Crippen LogP contribution in [0.15, 0.2) is 42.5 Å². The summed E-state index contributed by atoms with van der Waals surface area (Å²) < 4.78 is 0. The molecule has 23 heavy (non-hydrogen) atoms. The van der Waals surface area contributed by atoms with E-state index in [1.165, 1.54) is 42.3 Å². The summed E-state index contributed by atoms with van der Waals surface area (Å²) >= 11 is 0. The van der Waals surface area contributed by atoms with Crippen LogP contribution in [0.4, 0.5) is 0 Å². The number of nitrogens with zero attached hydrogens (tertiary/aromatic N) is 2. The van der Waals surface area contributed by atoms with Crippen molar-refractivity contribution in [2.24, 2.45) is 0 Å². The topological polar surface area (TPSA) is 6.48 Å². The first kappa shape index (κ1) is 16.5. The summed E-state index contributed by atoms with van der Waals surface area (Å²) in [6.45, 7) is 10.5. The highest BCUT2D eigenvalue weighted by molar-refractivity contribution is 5.82. The van der Waals surface area contributed by atoms with Gasteiger partial charge in [-0.05, 0) is 63.1 Å². The molecule has 2 nitrogen and oxygen atoms in total. The molecule has 1 aliphatic heterocycles. The van der Waals surface area contributed by atoms with Crippen molar-refractivity contribution >= 4 is 10.8 Å². The Morgan fingerprint density at radius 2 is 1.65 bits per heavy atom. The Balaban J connectivity index is 1.61. The van der Waals surface area contributed by atoms with Crippen molar-refractivity contribution < 1.29 is 0 Å². The fourth-order valence-corrected chi connectivity index (χ4v) is 3.73. The van der Waals surface area contributed by atoms with Gasteiger partial charge in [0, 0.05) is 31.2 Å². The van der Waals surface area contributed by atoms with E-state index in [1.54, 1.807) is 0 Å². The van der Waals surface area contributed by atoms with Gasteiger partial charge in [0.25, 0.3) is 0 Å². The van der Waals surface area contributed by atoms with Crippen LogP contribution in [-0.4, -0.2) is 41.5 Å². The first-order chi connectivity index (χ1) is 10.9. The van der Waals surface area contributed by atoms with Crippen LogP contribution in [0.2, 0.25) is 0 Å². The molecule has 0 radical (unpaired) electrons. The van der Waals surface area contributed by atoms with Gasteiger partial charge in [-0.25, -0.2) is 0 Å². The first-order valence-electron chi connectivity index (χ1n) is 8.86. The Hall–Kier alpha value is -1.38. The highest BCUT2D eigenvalue weighted by Gasteiger charge is 2.28. The minimum absolute atomic E-state index is 0.307. The van der Waals surface area contributed by atoms with Gasteiger partial charge in [-0.3, -0.25) is 9.80 Å². The van der Waals surface area contributed by atoms with Gasteiger partial charge in [-0.1, -0.05) is 36.4 Å². The number of piperidine rings is 1.